The molecular weight excluding hydrogens is 487 g/mol. The Morgan fingerprint density at radius 2 is 1.50 bits per heavy atom. The van der Waals surface area contributed by atoms with Crippen LogP contribution in [0.3, 0.4) is 0 Å². The molecule has 2 aliphatic heterocycles. The molecule has 0 radical (unpaired) electrons. The van der Waals surface area contributed by atoms with Crippen molar-refractivity contribution < 1.29 is 19.3 Å². The lowest BCUT2D eigenvalue weighted by molar-refractivity contribution is 0.262. The van der Waals surface area contributed by atoms with Crippen LogP contribution in [0, 0.1) is 0 Å². The molecule has 4 rings (SSSR count). The molecule has 1 N–H and O–H groups in total. The molecule has 2 atom stereocenters. The molecule has 2 aliphatic rings. The molecule has 4 nitrogen and oxygen atoms in total. The maximum atomic E-state index is 8.87. The molecule has 0 saturated carbocycles. The van der Waals surface area contributed by atoms with Crippen molar-refractivity contribution in [2.24, 2.45) is 0 Å². The summed E-state index contributed by atoms with van der Waals surface area (Å²) in [7, 11) is 0. The third-order valence-corrected chi connectivity index (χ3v) is 4.76. The third kappa shape index (κ3) is 9.78. The van der Waals surface area contributed by atoms with Crippen LogP contribution in [0.4, 0.5) is 0 Å². The quantitative estimate of drug-likeness (QED) is 0.427. The first-order valence-electron chi connectivity index (χ1n) is 7.70. The van der Waals surface area contributed by atoms with Crippen molar-refractivity contribution in [2.45, 2.75) is 19.6 Å². The Balaban J connectivity index is 0.000000209. The Morgan fingerprint density at radius 1 is 0.962 bits per heavy atom. The molecule has 0 spiro atoms. The summed E-state index contributed by atoms with van der Waals surface area (Å²) in [6.45, 7) is 2.37. The predicted molar refractivity (Wildman–Crippen MR) is 112 cm³/mol. The third-order valence-electron chi connectivity index (χ3n) is 3.09. The zero-order valence-corrected chi connectivity index (χ0v) is 17.3. The number of aromatic hydroxyl groups is 1. The molecule has 2 aromatic carbocycles. The van der Waals surface area contributed by atoms with Crippen LogP contribution in [0.15, 0.2) is 57.5 Å². The number of para-hydroxylation sites is 2. The Kier molecular flexibility index (Phi) is 11.2. The second-order valence-electron chi connectivity index (χ2n) is 5.26. The van der Waals surface area contributed by atoms with Crippen molar-refractivity contribution in [1.82, 2.24) is 0 Å². The van der Waals surface area contributed by atoms with E-state index in [1.807, 2.05) is 30.3 Å². The molecule has 0 aliphatic carbocycles. The Hall–Kier alpha value is -0.790. The van der Waals surface area contributed by atoms with Crippen molar-refractivity contribution >= 4 is 43.5 Å². The van der Waals surface area contributed by atoms with Crippen LogP contribution in [-0.4, -0.2) is 43.0 Å². The van der Waals surface area contributed by atoms with Crippen LogP contribution < -0.4 is 4.74 Å². The van der Waals surface area contributed by atoms with Gasteiger partial charge in [0.2, 0.25) is 0 Å². The lowest BCUT2D eigenvalue weighted by atomic mass is 10.3. The number of hydrogen-bond acceptors (Lipinski definition) is 4. The highest BCUT2D eigenvalue weighted by Gasteiger charge is 2.23. The molecule has 144 valence electrons. The second-order valence-corrected chi connectivity index (χ2v) is 7.28. The van der Waals surface area contributed by atoms with Gasteiger partial charge >= 0.3 is 0 Å². The van der Waals surface area contributed by atoms with E-state index in [-0.39, 0.29) is 13.2 Å². The molecule has 0 bridgehead atoms. The van der Waals surface area contributed by atoms with Gasteiger partial charge in [-0.3, -0.25) is 0 Å². The van der Waals surface area contributed by atoms with Gasteiger partial charge in [0.15, 0.2) is 0 Å². The van der Waals surface area contributed by atoms with Gasteiger partial charge in [-0.15, -0.1) is 11.6 Å². The Labute approximate surface area is 176 Å². The number of epoxide rings is 2. The number of ether oxygens (including phenoxy) is 3. The van der Waals surface area contributed by atoms with E-state index in [0.29, 0.717) is 24.7 Å². The molecule has 2 heterocycles. The van der Waals surface area contributed by atoms with Crippen molar-refractivity contribution in [1.29, 1.82) is 0 Å². The summed E-state index contributed by atoms with van der Waals surface area (Å²) in [5, 5.41) is 8.87. The van der Waals surface area contributed by atoms with Gasteiger partial charge in [-0.1, -0.05) is 31.7 Å². The van der Waals surface area contributed by atoms with Crippen molar-refractivity contribution in [3.05, 3.63) is 57.5 Å². The summed E-state index contributed by atoms with van der Waals surface area (Å²) in [4.78, 5) is 0. The molecule has 7 heteroatoms. The molecule has 0 amide bonds. The number of benzene rings is 2. The fourth-order valence-corrected chi connectivity index (χ4v) is 2.38. The van der Waals surface area contributed by atoms with Crippen LogP contribution in [0.1, 0.15) is 7.43 Å². The summed E-state index contributed by atoms with van der Waals surface area (Å²) in [5.41, 5.74) is 0. The molecule has 26 heavy (non-hydrogen) atoms. The monoisotopic (exact) mass is 508 g/mol. The van der Waals surface area contributed by atoms with E-state index in [1.54, 1.807) is 18.2 Å². The van der Waals surface area contributed by atoms with Gasteiger partial charge in [0.05, 0.1) is 34.1 Å². The maximum Gasteiger partial charge on any atom is 0.133 e. The van der Waals surface area contributed by atoms with E-state index in [4.69, 9.17) is 30.9 Å². The zero-order chi connectivity index (χ0) is 18.1. The first-order valence-corrected chi connectivity index (χ1v) is 9.82. The van der Waals surface area contributed by atoms with Crippen LogP contribution in [-0.2, 0) is 9.47 Å². The van der Waals surface area contributed by atoms with Crippen LogP contribution >= 0.6 is 43.5 Å². The molecule has 2 fully saturated rings. The van der Waals surface area contributed by atoms with Crippen LogP contribution in [0.2, 0.25) is 0 Å². The number of rotatable bonds is 4. The van der Waals surface area contributed by atoms with E-state index in [2.05, 4.69) is 31.9 Å². The van der Waals surface area contributed by atoms with Gasteiger partial charge < -0.3 is 19.3 Å². The summed E-state index contributed by atoms with van der Waals surface area (Å²) in [6.07, 6.45) is 0.716. The predicted octanol–water partition coefficient (Wildman–Crippen LogP) is 5.64. The smallest absolute Gasteiger partial charge is 0.133 e. The average Bonchev–Trinajstić information content (AvgIpc) is 3.51. The minimum Gasteiger partial charge on any atom is -0.507 e. The Morgan fingerprint density at radius 3 is 1.88 bits per heavy atom. The molecule has 2 unspecified atom stereocenters. The topological polar surface area (TPSA) is 54.5 Å². The van der Waals surface area contributed by atoms with Crippen LogP contribution in [0.25, 0.3) is 0 Å². The van der Waals surface area contributed by atoms with Crippen molar-refractivity contribution in [2.75, 3.05) is 25.7 Å². The summed E-state index contributed by atoms with van der Waals surface area (Å²) >= 11 is 11.8. The fraction of sp³-hybridized carbons (Fsp3) is 0.368. The fourth-order valence-electron chi connectivity index (χ4n) is 1.52. The number of phenols is 1. The van der Waals surface area contributed by atoms with Crippen molar-refractivity contribution in [3.8, 4) is 11.5 Å². The second kappa shape index (κ2) is 12.6. The molecule has 0 aromatic heterocycles. The zero-order valence-electron chi connectivity index (χ0n) is 13.4. The first-order chi connectivity index (χ1) is 12.1. The number of halogens is 3. The standard InChI is InChI=1S/C9H9BrO2.C6H5BrO.C3H5ClO.CH4/c10-8-3-1-2-4-9(8)12-6-7-5-11-7;7-5-3-1-2-4-6(5)8;4-1-3-2-5-3;/h1-4,7H,5-6H2;1-4,8H;3H,1-2H2;1H4. The normalized spacial score (nSPS) is 18.9. The lowest BCUT2D eigenvalue weighted by Gasteiger charge is -2.04. The van der Waals surface area contributed by atoms with Gasteiger partial charge in [0.1, 0.15) is 24.2 Å². The highest BCUT2D eigenvalue weighted by Crippen LogP contribution is 2.24. The highest BCUT2D eigenvalue weighted by molar-refractivity contribution is 9.10. The minimum atomic E-state index is 0. The van der Waals surface area contributed by atoms with Gasteiger partial charge in [-0.25, -0.2) is 0 Å². The van der Waals surface area contributed by atoms with Gasteiger partial charge in [-0.05, 0) is 56.1 Å². The van der Waals surface area contributed by atoms with Gasteiger partial charge in [0.25, 0.3) is 0 Å². The Bertz CT molecular complexity index is 628. The summed E-state index contributed by atoms with van der Waals surface area (Å²) in [5.74, 6) is 1.83. The van der Waals surface area contributed by atoms with Crippen molar-refractivity contribution in [3.63, 3.8) is 0 Å². The maximum absolute atomic E-state index is 8.87. The molecule has 2 aromatic rings. The van der Waals surface area contributed by atoms with E-state index < -0.39 is 0 Å². The van der Waals surface area contributed by atoms with E-state index in [9.17, 15) is 0 Å². The average molecular weight is 511 g/mol. The molecular formula is C19H23Br2ClO4. The minimum absolute atomic E-state index is 0. The largest absolute Gasteiger partial charge is 0.507 e. The van der Waals surface area contributed by atoms with Gasteiger partial charge in [0, 0.05) is 0 Å². The SMILES string of the molecule is Brc1ccccc1OCC1CO1.C.ClCC1CO1.Oc1ccccc1Br. The lowest BCUT2D eigenvalue weighted by Crippen LogP contribution is -2.04. The number of phenolic OH excluding ortho intramolecular Hbond substituents is 1. The molecule has 2 saturated heterocycles. The van der Waals surface area contributed by atoms with Crippen LogP contribution in [0.5, 0.6) is 11.5 Å². The van der Waals surface area contributed by atoms with E-state index in [1.165, 1.54) is 0 Å². The van der Waals surface area contributed by atoms with Gasteiger partial charge in [-0.2, -0.15) is 0 Å². The summed E-state index contributed by atoms with van der Waals surface area (Å²) < 4.78 is 17.0. The summed E-state index contributed by atoms with van der Waals surface area (Å²) in [6, 6.07) is 14.9. The van der Waals surface area contributed by atoms with E-state index in [0.717, 1.165) is 27.9 Å². The van der Waals surface area contributed by atoms with E-state index >= 15 is 0 Å². The highest BCUT2D eigenvalue weighted by atomic mass is 79.9. The number of alkyl halides is 1. The number of hydrogen-bond donors (Lipinski definition) is 1. The first kappa shape index (κ1) is 23.2.